The van der Waals surface area contributed by atoms with Gasteiger partial charge in [-0.05, 0) is 14.0 Å². The van der Waals surface area contributed by atoms with E-state index in [1.807, 2.05) is 0 Å². The van der Waals surface area contributed by atoms with Gasteiger partial charge in [-0.1, -0.05) is 12.8 Å². The molecule has 0 bridgehead atoms. The monoisotopic (exact) mass is 240 g/mol. The normalized spacial score (nSPS) is 13.6. The highest BCUT2D eigenvalue weighted by molar-refractivity contribution is 5.81. The van der Waals surface area contributed by atoms with Crippen LogP contribution in [0.25, 0.3) is 0 Å². The van der Waals surface area contributed by atoms with Crippen molar-refractivity contribution < 1.29 is 14.3 Å². The first-order valence-corrected chi connectivity index (χ1v) is 5.43. The molecular formula is C12H20N2O3. The SMILES string of the molecule is C#CCNC(=O)C(C)N(C)CC(C)C(=O)OC. The number of hydrogen-bond acceptors (Lipinski definition) is 4. The van der Waals surface area contributed by atoms with Gasteiger partial charge in [-0.2, -0.15) is 0 Å². The summed E-state index contributed by atoms with van der Waals surface area (Å²) in [7, 11) is 3.13. The Kier molecular flexibility index (Phi) is 6.99. The number of carbonyl (C=O) groups is 2. The number of hydrogen-bond donors (Lipinski definition) is 1. The molecule has 0 aromatic rings. The third-order valence-corrected chi connectivity index (χ3v) is 2.57. The molecule has 2 atom stereocenters. The van der Waals surface area contributed by atoms with Gasteiger partial charge in [-0.15, -0.1) is 6.42 Å². The van der Waals surface area contributed by atoms with Crippen LogP contribution in [0, 0.1) is 18.3 Å². The maximum atomic E-state index is 11.6. The standard InChI is InChI=1S/C12H20N2O3/c1-6-7-13-11(15)10(3)14(4)8-9(2)12(16)17-5/h1,9-10H,7-8H2,2-5H3,(H,13,15). The van der Waals surface area contributed by atoms with Gasteiger partial charge in [-0.25, -0.2) is 0 Å². The van der Waals surface area contributed by atoms with E-state index < -0.39 is 0 Å². The fourth-order valence-electron chi connectivity index (χ4n) is 1.35. The molecule has 2 unspecified atom stereocenters. The van der Waals surface area contributed by atoms with E-state index in [-0.39, 0.29) is 30.4 Å². The van der Waals surface area contributed by atoms with Crippen LogP contribution < -0.4 is 5.32 Å². The average molecular weight is 240 g/mol. The number of nitrogens with zero attached hydrogens (tertiary/aromatic N) is 1. The van der Waals surface area contributed by atoms with Crippen LogP contribution in [-0.2, 0) is 14.3 Å². The second kappa shape index (κ2) is 7.69. The van der Waals surface area contributed by atoms with Crippen LogP contribution in [0.1, 0.15) is 13.8 Å². The Morgan fingerprint density at radius 2 is 2.06 bits per heavy atom. The molecule has 1 amide bonds. The molecule has 0 fully saturated rings. The molecule has 0 spiro atoms. The number of likely N-dealkylation sites (N-methyl/N-ethyl adjacent to an activating group) is 1. The van der Waals surface area contributed by atoms with Gasteiger partial charge in [0.2, 0.25) is 5.91 Å². The largest absolute Gasteiger partial charge is 0.469 e. The second-order valence-corrected chi connectivity index (χ2v) is 3.96. The summed E-state index contributed by atoms with van der Waals surface area (Å²) >= 11 is 0. The minimum absolute atomic E-state index is 0.150. The predicted molar refractivity (Wildman–Crippen MR) is 65.1 cm³/mol. The third kappa shape index (κ3) is 5.36. The minimum Gasteiger partial charge on any atom is -0.469 e. The molecule has 0 aromatic heterocycles. The molecule has 0 saturated carbocycles. The van der Waals surface area contributed by atoms with Crippen LogP contribution in [-0.4, -0.2) is 50.1 Å². The number of rotatable bonds is 6. The average Bonchev–Trinajstić information content (AvgIpc) is 2.33. The maximum absolute atomic E-state index is 11.6. The lowest BCUT2D eigenvalue weighted by Crippen LogP contribution is -2.45. The smallest absolute Gasteiger partial charge is 0.309 e. The van der Waals surface area contributed by atoms with Crippen molar-refractivity contribution in [2.45, 2.75) is 19.9 Å². The quantitative estimate of drug-likeness (QED) is 0.519. The Morgan fingerprint density at radius 3 is 2.53 bits per heavy atom. The van der Waals surface area contributed by atoms with Crippen LogP contribution in [0.15, 0.2) is 0 Å². The molecule has 96 valence electrons. The van der Waals surface area contributed by atoms with Gasteiger partial charge >= 0.3 is 5.97 Å². The van der Waals surface area contributed by atoms with Gasteiger partial charge in [0.25, 0.3) is 0 Å². The van der Waals surface area contributed by atoms with Crippen LogP contribution >= 0.6 is 0 Å². The summed E-state index contributed by atoms with van der Waals surface area (Å²) in [6.07, 6.45) is 5.05. The molecule has 5 nitrogen and oxygen atoms in total. The molecule has 0 aliphatic heterocycles. The molecule has 0 heterocycles. The Hall–Kier alpha value is -1.54. The lowest BCUT2D eigenvalue weighted by atomic mass is 10.1. The van der Waals surface area contributed by atoms with Crippen molar-refractivity contribution in [1.29, 1.82) is 0 Å². The van der Waals surface area contributed by atoms with E-state index >= 15 is 0 Å². The van der Waals surface area contributed by atoms with Crippen LogP contribution in [0.2, 0.25) is 0 Å². The molecule has 0 radical (unpaired) electrons. The van der Waals surface area contributed by atoms with E-state index in [1.165, 1.54) is 7.11 Å². The lowest BCUT2D eigenvalue weighted by molar-refractivity contribution is -0.146. The van der Waals surface area contributed by atoms with Crippen molar-refractivity contribution >= 4 is 11.9 Å². The van der Waals surface area contributed by atoms with Gasteiger partial charge in [-0.3, -0.25) is 14.5 Å². The highest BCUT2D eigenvalue weighted by Gasteiger charge is 2.22. The number of methoxy groups -OCH3 is 1. The van der Waals surface area contributed by atoms with E-state index in [4.69, 9.17) is 6.42 Å². The highest BCUT2D eigenvalue weighted by Crippen LogP contribution is 2.04. The van der Waals surface area contributed by atoms with Gasteiger partial charge < -0.3 is 10.1 Å². The number of ether oxygens (including phenoxy) is 1. The highest BCUT2D eigenvalue weighted by atomic mass is 16.5. The van der Waals surface area contributed by atoms with Gasteiger partial charge in [0, 0.05) is 6.54 Å². The molecule has 0 saturated heterocycles. The topological polar surface area (TPSA) is 58.6 Å². The molecule has 17 heavy (non-hydrogen) atoms. The lowest BCUT2D eigenvalue weighted by Gasteiger charge is -2.25. The molecule has 0 rings (SSSR count). The fraction of sp³-hybridized carbons (Fsp3) is 0.667. The zero-order valence-electron chi connectivity index (χ0n) is 10.8. The summed E-state index contributed by atoms with van der Waals surface area (Å²) in [4.78, 5) is 24.6. The zero-order valence-corrected chi connectivity index (χ0v) is 10.8. The van der Waals surface area contributed by atoms with Crippen molar-refractivity contribution in [3.8, 4) is 12.3 Å². The Morgan fingerprint density at radius 1 is 1.47 bits per heavy atom. The van der Waals surface area contributed by atoms with Gasteiger partial charge in [0.1, 0.15) is 0 Å². The van der Waals surface area contributed by atoms with Crippen molar-refractivity contribution in [1.82, 2.24) is 10.2 Å². The number of terminal acetylenes is 1. The summed E-state index contributed by atoms with van der Waals surface area (Å²) in [5.41, 5.74) is 0. The fourth-order valence-corrected chi connectivity index (χ4v) is 1.35. The second-order valence-electron chi connectivity index (χ2n) is 3.96. The van der Waals surface area contributed by atoms with Crippen LogP contribution in [0.4, 0.5) is 0 Å². The van der Waals surface area contributed by atoms with E-state index in [2.05, 4.69) is 16.0 Å². The van der Waals surface area contributed by atoms with Crippen molar-refractivity contribution in [3.05, 3.63) is 0 Å². The van der Waals surface area contributed by atoms with Crippen molar-refractivity contribution in [2.75, 3.05) is 27.2 Å². The Labute approximate surface area is 102 Å². The van der Waals surface area contributed by atoms with E-state index in [9.17, 15) is 9.59 Å². The number of esters is 1. The number of amides is 1. The van der Waals surface area contributed by atoms with E-state index in [1.54, 1.807) is 25.8 Å². The summed E-state index contributed by atoms with van der Waals surface area (Å²) < 4.78 is 4.63. The summed E-state index contributed by atoms with van der Waals surface area (Å²) in [6, 6.07) is -0.338. The summed E-state index contributed by atoms with van der Waals surface area (Å²) in [6.45, 7) is 4.19. The van der Waals surface area contributed by atoms with E-state index in [0.29, 0.717) is 6.54 Å². The van der Waals surface area contributed by atoms with Crippen molar-refractivity contribution in [3.63, 3.8) is 0 Å². The molecule has 0 aromatic carbocycles. The first kappa shape index (κ1) is 15.5. The first-order chi connectivity index (χ1) is 7.93. The molecular weight excluding hydrogens is 220 g/mol. The number of nitrogens with one attached hydrogen (secondary N) is 1. The number of carbonyl (C=O) groups excluding carboxylic acids is 2. The molecule has 0 aliphatic rings. The maximum Gasteiger partial charge on any atom is 0.309 e. The van der Waals surface area contributed by atoms with E-state index in [0.717, 1.165) is 0 Å². The predicted octanol–water partition coefficient (Wildman–Crippen LogP) is -0.135. The Balaban J connectivity index is 4.22. The van der Waals surface area contributed by atoms with Gasteiger partial charge in [0.05, 0.1) is 25.6 Å². The zero-order chi connectivity index (χ0) is 13.4. The minimum atomic E-state index is -0.338. The van der Waals surface area contributed by atoms with Gasteiger partial charge in [0.15, 0.2) is 0 Å². The summed E-state index contributed by atoms with van der Waals surface area (Å²) in [5, 5.41) is 2.60. The Bertz CT molecular complexity index is 309. The van der Waals surface area contributed by atoms with Crippen LogP contribution in [0.5, 0.6) is 0 Å². The van der Waals surface area contributed by atoms with Crippen LogP contribution in [0.3, 0.4) is 0 Å². The molecule has 0 aliphatic carbocycles. The summed E-state index contributed by atoms with van der Waals surface area (Å²) in [5.74, 6) is 1.63. The third-order valence-electron chi connectivity index (χ3n) is 2.57. The molecule has 5 heteroatoms. The first-order valence-electron chi connectivity index (χ1n) is 5.43. The molecule has 1 N–H and O–H groups in total. The van der Waals surface area contributed by atoms with Crippen molar-refractivity contribution in [2.24, 2.45) is 5.92 Å².